The molecular formula is C11H16N2OS. The summed E-state index contributed by atoms with van der Waals surface area (Å²) in [6.45, 7) is 2.15. The summed E-state index contributed by atoms with van der Waals surface area (Å²) < 4.78 is 0. The molecule has 0 aliphatic heterocycles. The highest BCUT2D eigenvalue weighted by atomic mass is 32.2. The van der Waals surface area contributed by atoms with Crippen LogP contribution in [0.4, 0.5) is 5.69 Å². The van der Waals surface area contributed by atoms with Crippen molar-refractivity contribution in [2.24, 2.45) is 5.73 Å². The van der Waals surface area contributed by atoms with Crippen LogP contribution >= 0.6 is 11.8 Å². The van der Waals surface area contributed by atoms with Gasteiger partial charge in [-0.2, -0.15) is 0 Å². The van der Waals surface area contributed by atoms with E-state index in [-0.39, 0.29) is 0 Å². The van der Waals surface area contributed by atoms with Crippen LogP contribution in [0.15, 0.2) is 23.1 Å². The molecule has 3 nitrogen and oxygen atoms in total. The van der Waals surface area contributed by atoms with Crippen LogP contribution in [0, 0.1) is 0 Å². The average Bonchev–Trinajstić information content (AvgIpc) is 2.20. The molecule has 0 aliphatic rings. The number of anilines is 1. The second kappa shape index (κ2) is 5.66. The van der Waals surface area contributed by atoms with Crippen LogP contribution in [-0.2, 0) is 0 Å². The normalized spacial score (nSPS) is 10.2. The van der Waals surface area contributed by atoms with Crippen molar-refractivity contribution in [1.82, 2.24) is 0 Å². The first-order valence-corrected chi connectivity index (χ1v) is 5.96. The van der Waals surface area contributed by atoms with Gasteiger partial charge in [0.25, 0.3) is 5.91 Å². The van der Waals surface area contributed by atoms with Crippen LogP contribution in [0.5, 0.6) is 0 Å². The highest BCUT2D eigenvalue weighted by molar-refractivity contribution is 7.99. The first kappa shape index (κ1) is 11.9. The van der Waals surface area contributed by atoms with Gasteiger partial charge < -0.3 is 11.5 Å². The maximum absolute atomic E-state index is 11.0. The Balaban J connectivity index is 2.74. The van der Waals surface area contributed by atoms with E-state index in [9.17, 15) is 4.79 Å². The smallest absolute Gasteiger partial charge is 0.250 e. The Labute approximate surface area is 94.2 Å². The maximum Gasteiger partial charge on any atom is 0.250 e. The lowest BCUT2D eigenvalue weighted by Gasteiger charge is -2.05. The summed E-state index contributed by atoms with van der Waals surface area (Å²) in [5.74, 6) is 0.587. The third-order valence-corrected chi connectivity index (χ3v) is 3.14. The molecular weight excluding hydrogens is 208 g/mol. The van der Waals surface area contributed by atoms with Gasteiger partial charge in [-0.25, -0.2) is 0 Å². The molecule has 0 radical (unpaired) electrons. The van der Waals surface area contributed by atoms with E-state index in [2.05, 4.69) is 6.92 Å². The molecule has 4 N–H and O–H groups in total. The number of nitrogens with two attached hydrogens (primary N) is 2. The molecule has 0 saturated heterocycles. The zero-order valence-electron chi connectivity index (χ0n) is 8.82. The number of thioether (sulfide) groups is 1. The molecule has 0 bridgehead atoms. The highest BCUT2D eigenvalue weighted by Crippen LogP contribution is 2.23. The predicted octanol–water partition coefficient (Wildman–Crippen LogP) is 2.26. The Morgan fingerprint density at radius 2 is 2.20 bits per heavy atom. The Kier molecular flexibility index (Phi) is 4.49. The lowest BCUT2D eigenvalue weighted by molar-refractivity contribution is 0.100. The number of benzene rings is 1. The number of hydrogen-bond acceptors (Lipinski definition) is 3. The number of primary amides is 1. The molecule has 0 fully saturated rings. The van der Waals surface area contributed by atoms with Gasteiger partial charge in [-0.3, -0.25) is 4.79 Å². The van der Waals surface area contributed by atoms with Crippen molar-refractivity contribution in [3.05, 3.63) is 23.8 Å². The number of unbranched alkanes of at least 4 members (excludes halogenated alkanes) is 1. The first-order chi connectivity index (χ1) is 7.15. The van der Waals surface area contributed by atoms with Gasteiger partial charge in [0.05, 0.1) is 5.56 Å². The molecule has 0 aliphatic carbocycles. The van der Waals surface area contributed by atoms with Gasteiger partial charge in [0.2, 0.25) is 0 Å². The molecule has 1 aromatic rings. The number of nitrogen functional groups attached to an aromatic ring is 1. The van der Waals surface area contributed by atoms with E-state index in [1.807, 2.05) is 6.07 Å². The molecule has 1 rings (SSSR count). The zero-order chi connectivity index (χ0) is 11.3. The molecule has 0 unspecified atom stereocenters. The first-order valence-electron chi connectivity index (χ1n) is 4.97. The van der Waals surface area contributed by atoms with E-state index in [0.29, 0.717) is 11.3 Å². The summed E-state index contributed by atoms with van der Waals surface area (Å²) in [7, 11) is 0. The third-order valence-electron chi connectivity index (χ3n) is 2.06. The topological polar surface area (TPSA) is 69.1 Å². The number of hydrogen-bond donors (Lipinski definition) is 2. The van der Waals surface area contributed by atoms with Crippen LogP contribution in [0.1, 0.15) is 30.1 Å². The number of amides is 1. The van der Waals surface area contributed by atoms with E-state index >= 15 is 0 Å². The Morgan fingerprint density at radius 3 is 2.80 bits per heavy atom. The molecule has 1 aromatic carbocycles. The SMILES string of the molecule is CCCCSc1ccc(N)c(C(N)=O)c1. The minimum absolute atomic E-state index is 0.413. The summed E-state index contributed by atoms with van der Waals surface area (Å²) in [6, 6.07) is 5.41. The highest BCUT2D eigenvalue weighted by Gasteiger charge is 2.06. The van der Waals surface area contributed by atoms with Crippen LogP contribution in [-0.4, -0.2) is 11.7 Å². The fourth-order valence-electron chi connectivity index (χ4n) is 1.17. The van der Waals surface area contributed by atoms with Crippen molar-refractivity contribution >= 4 is 23.4 Å². The van der Waals surface area contributed by atoms with E-state index in [0.717, 1.165) is 10.6 Å². The van der Waals surface area contributed by atoms with Gasteiger partial charge in [0, 0.05) is 10.6 Å². The quantitative estimate of drug-likeness (QED) is 0.458. The summed E-state index contributed by atoms with van der Waals surface area (Å²) in [5.41, 5.74) is 11.7. The maximum atomic E-state index is 11.0. The molecule has 0 atom stereocenters. The van der Waals surface area contributed by atoms with Crippen LogP contribution in [0.25, 0.3) is 0 Å². The minimum atomic E-state index is -0.467. The second-order valence-corrected chi connectivity index (χ2v) is 4.48. The zero-order valence-corrected chi connectivity index (χ0v) is 9.64. The van der Waals surface area contributed by atoms with E-state index in [1.54, 1.807) is 23.9 Å². The molecule has 82 valence electrons. The van der Waals surface area contributed by atoms with Gasteiger partial charge in [-0.15, -0.1) is 11.8 Å². The number of rotatable bonds is 5. The summed E-state index contributed by atoms with van der Waals surface area (Å²) in [6.07, 6.45) is 2.34. The van der Waals surface area contributed by atoms with Crippen molar-refractivity contribution in [3.63, 3.8) is 0 Å². The van der Waals surface area contributed by atoms with E-state index in [4.69, 9.17) is 11.5 Å². The van der Waals surface area contributed by atoms with Crippen LogP contribution < -0.4 is 11.5 Å². The molecule has 4 heteroatoms. The largest absolute Gasteiger partial charge is 0.398 e. The average molecular weight is 224 g/mol. The van der Waals surface area contributed by atoms with Crippen molar-refractivity contribution in [3.8, 4) is 0 Å². The summed E-state index contributed by atoms with van der Waals surface area (Å²) in [4.78, 5) is 12.1. The lowest BCUT2D eigenvalue weighted by Crippen LogP contribution is -2.13. The molecule has 0 aromatic heterocycles. The predicted molar refractivity (Wildman–Crippen MR) is 65.0 cm³/mol. The standard InChI is InChI=1S/C11H16N2OS/c1-2-3-6-15-8-4-5-10(12)9(7-8)11(13)14/h4-5,7H,2-3,6,12H2,1H3,(H2,13,14). The lowest BCUT2D eigenvalue weighted by atomic mass is 10.2. The second-order valence-electron chi connectivity index (χ2n) is 3.32. The van der Waals surface area contributed by atoms with Gasteiger partial charge >= 0.3 is 0 Å². The molecule has 1 amide bonds. The third kappa shape index (κ3) is 3.47. The van der Waals surface area contributed by atoms with Crippen LogP contribution in [0.2, 0.25) is 0 Å². The molecule has 15 heavy (non-hydrogen) atoms. The fraction of sp³-hybridized carbons (Fsp3) is 0.364. The minimum Gasteiger partial charge on any atom is -0.398 e. The Hall–Kier alpha value is -1.16. The number of carbonyl (C=O) groups excluding carboxylic acids is 1. The van der Waals surface area contributed by atoms with Crippen molar-refractivity contribution in [1.29, 1.82) is 0 Å². The summed E-state index contributed by atoms with van der Waals surface area (Å²) >= 11 is 1.72. The van der Waals surface area contributed by atoms with Crippen molar-refractivity contribution < 1.29 is 4.79 Å². The van der Waals surface area contributed by atoms with Crippen LogP contribution in [0.3, 0.4) is 0 Å². The Morgan fingerprint density at radius 1 is 1.47 bits per heavy atom. The molecule has 0 spiro atoms. The van der Waals surface area contributed by atoms with Gasteiger partial charge in [-0.05, 0) is 30.4 Å². The molecule has 0 heterocycles. The monoisotopic (exact) mass is 224 g/mol. The van der Waals surface area contributed by atoms with Gasteiger partial charge in [-0.1, -0.05) is 13.3 Å². The summed E-state index contributed by atoms with van der Waals surface area (Å²) in [5, 5.41) is 0. The van der Waals surface area contributed by atoms with E-state index in [1.165, 1.54) is 12.8 Å². The van der Waals surface area contributed by atoms with Gasteiger partial charge in [0.1, 0.15) is 0 Å². The Bertz CT molecular complexity index is 352. The number of carbonyl (C=O) groups is 1. The van der Waals surface area contributed by atoms with E-state index < -0.39 is 5.91 Å². The van der Waals surface area contributed by atoms with Gasteiger partial charge in [0.15, 0.2) is 0 Å². The van der Waals surface area contributed by atoms with Crippen molar-refractivity contribution in [2.45, 2.75) is 24.7 Å². The fourth-order valence-corrected chi connectivity index (χ4v) is 2.21. The molecule has 0 saturated carbocycles. The van der Waals surface area contributed by atoms with Crippen molar-refractivity contribution in [2.75, 3.05) is 11.5 Å².